The van der Waals surface area contributed by atoms with Gasteiger partial charge in [-0.15, -0.1) is 0 Å². The Morgan fingerprint density at radius 3 is 2.42 bits per heavy atom. The fourth-order valence-electron chi connectivity index (χ4n) is 1.25. The molecule has 1 aromatic heterocycles. The first-order valence-electron chi connectivity index (χ1n) is 5.20. The van der Waals surface area contributed by atoms with Crippen molar-refractivity contribution in [3.63, 3.8) is 0 Å². The summed E-state index contributed by atoms with van der Waals surface area (Å²) in [5, 5.41) is 10.4. The monoisotopic (exact) mass is 260 g/mol. The van der Waals surface area contributed by atoms with Crippen molar-refractivity contribution >= 4 is 11.8 Å². The zero-order chi connectivity index (χ0) is 13.7. The third-order valence-corrected chi connectivity index (χ3v) is 2.07. The molecule has 96 valence electrons. The normalized spacial score (nSPS) is 9.68. The second-order valence-electron chi connectivity index (χ2n) is 3.37. The molecule has 19 heavy (non-hydrogen) atoms. The van der Waals surface area contributed by atoms with Crippen LogP contribution >= 0.6 is 0 Å². The zero-order valence-electron chi connectivity index (χ0n) is 9.55. The lowest BCUT2D eigenvalue weighted by molar-refractivity contribution is -0.384. The highest BCUT2D eigenvalue weighted by Gasteiger charge is 2.10. The molecule has 0 spiro atoms. The van der Waals surface area contributed by atoms with Crippen LogP contribution in [0, 0.1) is 10.1 Å². The maximum absolute atomic E-state index is 11.4. The average Bonchev–Trinajstić information content (AvgIpc) is 2.40. The van der Waals surface area contributed by atoms with E-state index >= 15 is 0 Å². The summed E-state index contributed by atoms with van der Waals surface area (Å²) in [6.07, 6.45) is 0.502. The Morgan fingerprint density at radius 1 is 1.11 bits per heavy atom. The summed E-state index contributed by atoms with van der Waals surface area (Å²) in [4.78, 5) is 25.1. The molecule has 0 aliphatic rings. The Morgan fingerprint density at radius 2 is 1.84 bits per heavy atom. The van der Waals surface area contributed by atoms with Gasteiger partial charge in [-0.1, -0.05) is 6.07 Å². The molecule has 0 amide bonds. The van der Waals surface area contributed by atoms with Crippen molar-refractivity contribution in [2.75, 3.05) is 0 Å². The predicted octanol–water partition coefficient (Wildman–Crippen LogP) is 2.57. The molecule has 0 saturated heterocycles. The first kappa shape index (κ1) is 12.5. The summed E-state index contributed by atoms with van der Waals surface area (Å²) in [6.45, 7) is 0. The SMILES string of the molecule is O=C(Oc1ccc([N+](=O)[O-])cc1)Oc1ccccn1. The quantitative estimate of drug-likeness (QED) is 0.364. The number of hydrogen-bond acceptors (Lipinski definition) is 6. The largest absolute Gasteiger partial charge is 0.520 e. The highest BCUT2D eigenvalue weighted by atomic mass is 16.7. The first-order valence-corrected chi connectivity index (χ1v) is 5.20. The maximum atomic E-state index is 11.4. The highest BCUT2D eigenvalue weighted by Crippen LogP contribution is 2.18. The first-order chi connectivity index (χ1) is 9.15. The number of ether oxygens (including phenoxy) is 2. The Labute approximate surface area is 107 Å². The second-order valence-corrected chi connectivity index (χ2v) is 3.37. The van der Waals surface area contributed by atoms with Crippen molar-refractivity contribution in [2.45, 2.75) is 0 Å². The molecule has 0 saturated carbocycles. The van der Waals surface area contributed by atoms with Gasteiger partial charge in [0.15, 0.2) is 0 Å². The Balaban J connectivity index is 1.97. The van der Waals surface area contributed by atoms with Gasteiger partial charge in [-0.3, -0.25) is 10.1 Å². The molecule has 0 aliphatic heterocycles. The number of carbonyl (C=O) groups is 1. The van der Waals surface area contributed by atoms with Gasteiger partial charge in [0, 0.05) is 24.4 Å². The summed E-state index contributed by atoms with van der Waals surface area (Å²) >= 11 is 0. The van der Waals surface area contributed by atoms with Gasteiger partial charge < -0.3 is 9.47 Å². The van der Waals surface area contributed by atoms with Crippen LogP contribution in [0.1, 0.15) is 0 Å². The summed E-state index contributed by atoms with van der Waals surface area (Å²) in [7, 11) is 0. The van der Waals surface area contributed by atoms with Gasteiger partial charge in [0.1, 0.15) is 5.75 Å². The number of nitro groups is 1. The third-order valence-electron chi connectivity index (χ3n) is 2.07. The van der Waals surface area contributed by atoms with E-state index in [0.717, 1.165) is 0 Å². The molecule has 1 heterocycles. The lowest BCUT2D eigenvalue weighted by atomic mass is 10.3. The minimum absolute atomic E-state index is 0.0922. The Kier molecular flexibility index (Phi) is 3.67. The molecule has 2 rings (SSSR count). The number of benzene rings is 1. The smallest absolute Gasteiger partial charge is 0.395 e. The van der Waals surface area contributed by atoms with Crippen molar-refractivity contribution in [3.8, 4) is 11.6 Å². The lowest BCUT2D eigenvalue weighted by Gasteiger charge is -2.04. The van der Waals surface area contributed by atoms with Crippen LogP contribution in [0.2, 0.25) is 0 Å². The van der Waals surface area contributed by atoms with Gasteiger partial charge in [-0.2, -0.15) is 0 Å². The van der Waals surface area contributed by atoms with Crippen LogP contribution in [0.4, 0.5) is 10.5 Å². The summed E-state index contributed by atoms with van der Waals surface area (Å²) in [6, 6.07) is 9.88. The molecule has 0 N–H and O–H groups in total. The van der Waals surface area contributed by atoms with Crippen LogP contribution in [-0.2, 0) is 0 Å². The molecular formula is C12H8N2O5. The van der Waals surface area contributed by atoms with Crippen LogP contribution in [-0.4, -0.2) is 16.1 Å². The number of nitrogens with zero attached hydrogens (tertiary/aromatic N) is 2. The zero-order valence-corrected chi connectivity index (χ0v) is 9.55. The summed E-state index contributed by atoms with van der Waals surface area (Å²) < 4.78 is 9.62. The van der Waals surface area contributed by atoms with Gasteiger partial charge in [-0.25, -0.2) is 9.78 Å². The molecule has 0 fully saturated rings. The number of hydrogen-bond donors (Lipinski definition) is 0. The molecule has 2 aromatic rings. The number of nitro benzene ring substituents is 1. The molecule has 1 aromatic carbocycles. The minimum atomic E-state index is -0.965. The van der Waals surface area contributed by atoms with Gasteiger partial charge >= 0.3 is 6.16 Å². The van der Waals surface area contributed by atoms with E-state index in [4.69, 9.17) is 9.47 Å². The van der Waals surface area contributed by atoms with E-state index in [9.17, 15) is 14.9 Å². The highest BCUT2D eigenvalue weighted by molar-refractivity contribution is 5.66. The number of aromatic nitrogens is 1. The maximum Gasteiger partial charge on any atom is 0.520 e. The van der Waals surface area contributed by atoms with E-state index in [-0.39, 0.29) is 17.3 Å². The molecule has 0 aliphatic carbocycles. The van der Waals surface area contributed by atoms with Crippen molar-refractivity contribution in [3.05, 3.63) is 58.8 Å². The van der Waals surface area contributed by atoms with Crippen molar-refractivity contribution in [1.82, 2.24) is 4.98 Å². The third kappa shape index (κ3) is 3.50. The molecule has 7 nitrogen and oxygen atoms in total. The van der Waals surface area contributed by atoms with E-state index in [0.29, 0.717) is 0 Å². The lowest BCUT2D eigenvalue weighted by Crippen LogP contribution is -2.14. The average molecular weight is 260 g/mol. The predicted molar refractivity (Wildman–Crippen MR) is 64.0 cm³/mol. The van der Waals surface area contributed by atoms with Crippen LogP contribution in [0.15, 0.2) is 48.7 Å². The number of carbonyl (C=O) groups excluding carboxylic acids is 1. The second kappa shape index (κ2) is 5.58. The van der Waals surface area contributed by atoms with E-state index < -0.39 is 11.1 Å². The topological polar surface area (TPSA) is 91.6 Å². The van der Waals surface area contributed by atoms with Gasteiger partial charge in [0.05, 0.1) is 4.92 Å². The van der Waals surface area contributed by atoms with Crippen molar-refractivity contribution < 1.29 is 19.2 Å². The van der Waals surface area contributed by atoms with Crippen molar-refractivity contribution in [1.29, 1.82) is 0 Å². The van der Waals surface area contributed by atoms with E-state index in [2.05, 4.69) is 4.98 Å². The molecular weight excluding hydrogens is 252 g/mol. The molecule has 0 atom stereocenters. The number of non-ortho nitro benzene ring substituents is 1. The molecule has 0 bridgehead atoms. The fourth-order valence-corrected chi connectivity index (χ4v) is 1.25. The van der Waals surface area contributed by atoms with Gasteiger partial charge in [0.2, 0.25) is 5.88 Å². The van der Waals surface area contributed by atoms with E-state index in [1.807, 2.05) is 0 Å². The number of rotatable bonds is 3. The standard InChI is InChI=1S/C12H8N2O5/c15-12(19-11-3-1-2-8-13-11)18-10-6-4-9(5-7-10)14(16)17/h1-8H. The molecule has 0 radical (unpaired) electrons. The van der Waals surface area contributed by atoms with Gasteiger partial charge in [0.25, 0.3) is 5.69 Å². The summed E-state index contributed by atoms with van der Waals surface area (Å²) in [5.41, 5.74) is -0.0922. The van der Waals surface area contributed by atoms with Gasteiger partial charge in [-0.05, 0) is 18.2 Å². The van der Waals surface area contributed by atoms with E-state index in [1.54, 1.807) is 12.1 Å². The van der Waals surface area contributed by atoms with Crippen LogP contribution in [0.25, 0.3) is 0 Å². The van der Waals surface area contributed by atoms with E-state index in [1.165, 1.54) is 36.5 Å². The molecule has 0 unspecified atom stereocenters. The number of pyridine rings is 1. The van der Waals surface area contributed by atoms with Crippen LogP contribution in [0.5, 0.6) is 11.6 Å². The fraction of sp³-hybridized carbons (Fsp3) is 0. The van der Waals surface area contributed by atoms with Crippen LogP contribution in [0.3, 0.4) is 0 Å². The minimum Gasteiger partial charge on any atom is -0.395 e. The summed E-state index contributed by atoms with van der Waals surface area (Å²) in [5.74, 6) is 0.251. The Bertz CT molecular complexity index is 583. The Hall–Kier alpha value is -2.96. The van der Waals surface area contributed by atoms with Crippen molar-refractivity contribution in [2.24, 2.45) is 0 Å². The molecule has 7 heteroatoms. The van der Waals surface area contributed by atoms with Crippen LogP contribution < -0.4 is 9.47 Å².